The smallest absolute Gasteiger partial charge is 0.338 e. The third-order valence-corrected chi connectivity index (χ3v) is 2.17. The zero-order chi connectivity index (χ0) is 13.3. The predicted molar refractivity (Wildman–Crippen MR) is 54.5 cm³/mol. The van der Waals surface area contributed by atoms with E-state index in [-0.39, 0.29) is 23.8 Å². The first-order chi connectivity index (χ1) is 8.52. The first-order valence-corrected chi connectivity index (χ1v) is 4.78. The first kappa shape index (κ1) is 12.1. The van der Waals surface area contributed by atoms with E-state index in [1.54, 1.807) is 0 Å². The number of carboxylic acids is 1. The molecule has 0 saturated heterocycles. The molecule has 6 nitrogen and oxygen atoms in total. The highest BCUT2D eigenvalue weighted by molar-refractivity contribution is 5.88. The molecule has 3 N–H and O–H groups in total. The summed E-state index contributed by atoms with van der Waals surface area (Å²) in [7, 11) is 0. The van der Waals surface area contributed by atoms with Crippen molar-refractivity contribution < 1.29 is 23.2 Å². The number of carbonyl (C=O) groups is 1. The third kappa shape index (κ3) is 2.05. The maximum atomic E-state index is 13.6. The number of halogens is 2. The van der Waals surface area contributed by atoms with Crippen LogP contribution in [0.5, 0.6) is 0 Å². The Hall–Kier alpha value is -2.35. The van der Waals surface area contributed by atoms with Crippen molar-refractivity contribution in [1.82, 2.24) is 10.1 Å². The lowest BCUT2D eigenvalue weighted by Crippen LogP contribution is -2.03. The van der Waals surface area contributed by atoms with Gasteiger partial charge in [0.25, 0.3) is 0 Å². The van der Waals surface area contributed by atoms with Gasteiger partial charge in [0.05, 0.1) is 17.7 Å². The quantitative estimate of drug-likeness (QED) is 0.853. The van der Waals surface area contributed by atoms with Crippen LogP contribution in [0.2, 0.25) is 0 Å². The van der Waals surface area contributed by atoms with Crippen molar-refractivity contribution in [3.05, 3.63) is 35.2 Å². The number of aromatic carboxylic acids is 1. The average molecular weight is 255 g/mol. The molecule has 0 amide bonds. The van der Waals surface area contributed by atoms with Gasteiger partial charge in [0.1, 0.15) is 11.6 Å². The number of hydrogen-bond donors (Lipinski definition) is 2. The van der Waals surface area contributed by atoms with Gasteiger partial charge in [0, 0.05) is 0 Å². The van der Waals surface area contributed by atoms with Gasteiger partial charge in [0.2, 0.25) is 11.7 Å². The lowest BCUT2D eigenvalue weighted by molar-refractivity contribution is 0.0691. The van der Waals surface area contributed by atoms with E-state index in [1.165, 1.54) is 0 Å². The van der Waals surface area contributed by atoms with Gasteiger partial charge in [-0.2, -0.15) is 4.98 Å². The van der Waals surface area contributed by atoms with Gasteiger partial charge < -0.3 is 15.4 Å². The van der Waals surface area contributed by atoms with Gasteiger partial charge in [-0.1, -0.05) is 5.16 Å². The molecule has 0 spiro atoms. The molecule has 8 heteroatoms. The number of rotatable bonds is 3. The molecule has 0 unspecified atom stereocenters. The van der Waals surface area contributed by atoms with E-state index in [2.05, 4.69) is 14.7 Å². The normalized spacial score (nSPS) is 10.6. The van der Waals surface area contributed by atoms with Crippen molar-refractivity contribution in [2.24, 2.45) is 5.73 Å². The van der Waals surface area contributed by atoms with Crippen molar-refractivity contribution in [3.63, 3.8) is 0 Å². The molecule has 0 saturated carbocycles. The number of aromatic nitrogens is 2. The monoisotopic (exact) mass is 255 g/mol. The number of benzene rings is 1. The van der Waals surface area contributed by atoms with Crippen LogP contribution in [-0.4, -0.2) is 21.2 Å². The molecular weight excluding hydrogens is 248 g/mol. The highest BCUT2D eigenvalue weighted by Crippen LogP contribution is 2.23. The minimum absolute atomic E-state index is 0.0374. The summed E-state index contributed by atoms with van der Waals surface area (Å²) in [5, 5.41) is 12.0. The Balaban J connectivity index is 2.52. The fourth-order valence-electron chi connectivity index (χ4n) is 1.33. The Labute approximate surface area is 99.0 Å². The number of nitrogens with two attached hydrogens (primary N) is 1. The van der Waals surface area contributed by atoms with Crippen LogP contribution < -0.4 is 5.73 Å². The van der Waals surface area contributed by atoms with Crippen LogP contribution in [0, 0.1) is 11.6 Å². The molecule has 94 valence electrons. The second kappa shape index (κ2) is 4.49. The van der Waals surface area contributed by atoms with Gasteiger partial charge in [-0.15, -0.1) is 0 Å². The second-order valence-corrected chi connectivity index (χ2v) is 3.33. The van der Waals surface area contributed by atoms with Crippen LogP contribution in [0.25, 0.3) is 11.4 Å². The molecule has 2 rings (SSSR count). The highest BCUT2D eigenvalue weighted by atomic mass is 19.1. The molecule has 1 heterocycles. The van der Waals surface area contributed by atoms with Gasteiger partial charge in [0.15, 0.2) is 0 Å². The molecule has 0 aliphatic rings. The summed E-state index contributed by atoms with van der Waals surface area (Å²) >= 11 is 0. The Morgan fingerprint density at radius 2 is 2.11 bits per heavy atom. The predicted octanol–water partition coefficient (Wildman–Crippen LogP) is 1.17. The van der Waals surface area contributed by atoms with Crippen LogP contribution >= 0.6 is 0 Å². The van der Waals surface area contributed by atoms with Gasteiger partial charge >= 0.3 is 5.97 Å². The van der Waals surface area contributed by atoms with Crippen LogP contribution in [0.1, 0.15) is 16.2 Å². The van der Waals surface area contributed by atoms with E-state index in [4.69, 9.17) is 10.8 Å². The maximum Gasteiger partial charge on any atom is 0.338 e. The van der Waals surface area contributed by atoms with E-state index in [1.807, 2.05) is 0 Å². The van der Waals surface area contributed by atoms with E-state index >= 15 is 0 Å². The van der Waals surface area contributed by atoms with Gasteiger partial charge in [-0.3, -0.25) is 0 Å². The third-order valence-electron chi connectivity index (χ3n) is 2.17. The van der Waals surface area contributed by atoms with E-state index in [0.29, 0.717) is 12.1 Å². The van der Waals surface area contributed by atoms with Crippen molar-refractivity contribution >= 4 is 5.97 Å². The average Bonchev–Trinajstić information content (AvgIpc) is 2.79. The molecule has 0 fully saturated rings. The summed E-state index contributed by atoms with van der Waals surface area (Å²) in [5.74, 6) is -3.74. The van der Waals surface area contributed by atoms with E-state index in [0.717, 1.165) is 0 Å². The molecule has 18 heavy (non-hydrogen) atoms. The van der Waals surface area contributed by atoms with E-state index in [9.17, 15) is 13.6 Å². The summed E-state index contributed by atoms with van der Waals surface area (Å²) in [6, 6.07) is 1.26. The SMILES string of the molecule is NCc1nc(-c2cc(F)c(C(=O)O)cc2F)no1. The van der Waals surface area contributed by atoms with Crippen LogP contribution in [-0.2, 0) is 6.54 Å². The molecule has 1 aromatic heterocycles. The zero-order valence-electron chi connectivity index (χ0n) is 8.85. The van der Waals surface area contributed by atoms with Crippen molar-refractivity contribution in [1.29, 1.82) is 0 Å². The second-order valence-electron chi connectivity index (χ2n) is 3.33. The molecule has 0 atom stereocenters. The topological polar surface area (TPSA) is 102 Å². The standard InChI is InChI=1S/C10H7F2N3O3/c11-6-2-5(10(16)17)7(12)1-4(6)9-14-8(3-13)18-15-9/h1-2H,3,13H2,(H,16,17). The number of hydrogen-bond acceptors (Lipinski definition) is 5. The summed E-state index contributed by atoms with van der Waals surface area (Å²) in [6.45, 7) is -0.0374. The lowest BCUT2D eigenvalue weighted by atomic mass is 10.1. The number of carboxylic acid groups (broad SMARTS) is 1. The molecule has 0 bridgehead atoms. The van der Waals surface area contributed by atoms with Crippen LogP contribution in [0.4, 0.5) is 8.78 Å². The summed E-state index contributed by atoms with van der Waals surface area (Å²) in [6.07, 6.45) is 0. The largest absolute Gasteiger partial charge is 0.478 e. The van der Waals surface area contributed by atoms with E-state index < -0.39 is 23.2 Å². The van der Waals surface area contributed by atoms with Crippen LogP contribution in [0.15, 0.2) is 16.7 Å². The summed E-state index contributed by atoms with van der Waals surface area (Å²) in [5.41, 5.74) is 4.18. The van der Waals surface area contributed by atoms with Crippen molar-refractivity contribution in [2.45, 2.75) is 6.54 Å². The summed E-state index contributed by atoms with van der Waals surface area (Å²) < 4.78 is 31.7. The molecular formula is C10H7F2N3O3. The highest BCUT2D eigenvalue weighted by Gasteiger charge is 2.19. The number of nitrogens with zero attached hydrogens (tertiary/aromatic N) is 2. The van der Waals surface area contributed by atoms with Gasteiger partial charge in [-0.05, 0) is 12.1 Å². The minimum Gasteiger partial charge on any atom is -0.478 e. The Bertz CT molecular complexity index is 612. The van der Waals surface area contributed by atoms with Crippen molar-refractivity contribution in [3.8, 4) is 11.4 Å². The Kier molecular flexibility index (Phi) is 3.02. The van der Waals surface area contributed by atoms with Crippen LogP contribution in [0.3, 0.4) is 0 Å². The molecule has 0 radical (unpaired) electrons. The Morgan fingerprint density at radius 3 is 2.67 bits per heavy atom. The summed E-state index contributed by atoms with van der Waals surface area (Å²) in [4.78, 5) is 14.3. The zero-order valence-corrected chi connectivity index (χ0v) is 8.85. The fourth-order valence-corrected chi connectivity index (χ4v) is 1.33. The molecule has 1 aromatic carbocycles. The Morgan fingerprint density at radius 1 is 1.39 bits per heavy atom. The van der Waals surface area contributed by atoms with Gasteiger partial charge in [-0.25, -0.2) is 13.6 Å². The van der Waals surface area contributed by atoms with Crippen molar-refractivity contribution in [2.75, 3.05) is 0 Å². The lowest BCUT2D eigenvalue weighted by Gasteiger charge is -2.01. The maximum absolute atomic E-state index is 13.6. The first-order valence-electron chi connectivity index (χ1n) is 4.78. The molecule has 2 aromatic rings. The molecule has 0 aliphatic heterocycles. The fraction of sp³-hybridized carbons (Fsp3) is 0.100. The minimum atomic E-state index is -1.56. The molecule has 0 aliphatic carbocycles.